The molecule has 9 heteroatoms. The second kappa shape index (κ2) is 6.75. The molecule has 5 rings (SSSR count). The molecule has 0 radical (unpaired) electrons. The number of carbonyl (C=O) groups excluding carboxylic acids is 1. The Morgan fingerprint density at radius 1 is 1.10 bits per heavy atom. The number of fused-ring (bicyclic) bond motifs is 1. The summed E-state index contributed by atoms with van der Waals surface area (Å²) in [6, 6.07) is 3.94. The van der Waals surface area contributed by atoms with Crippen LogP contribution in [-0.2, 0) is 0 Å². The third-order valence-electron chi connectivity index (χ3n) is 6.26. The van der Waals surface area contributed by atoms with E-state index in [9.17, 15) is 13.6 Å². The van der Waals surface area contributed by atoms with Crippen molar-refractivity contribution in [1.82, 2.24) is 25.5 Å². The summed E-state index contributed by atoms with van der Waals surface area (Å²) >= 11 is 0. The monoisotopic (exact) mass is 398 g/mol. The van der Waals surface area contributed by atoms with E-state index < -0.39 is 11.9 Å². The Morgan fingerprint density at radius 3 is 2.55 bits per heavy atom. The molecule has 29 heavy (non-hydrogen) atoms. The Morgan fingerprint density at radius 2 is 1.86 bits per heavy atom. The van der Waals surface area contributed by atoms with E-state index in [0.29, 0.717) is 16.7 Å². The Labute approximate surface area is 165 Å². The van der Waals surface area contributed by atoms with E-state index in [4.69, 9.17) is 0 Å². The zero-order valence-corrected chi connectivity index (χ0v) is 15.6. The van der Waals surface area contributed by atoms with Crippen molar-refractivity contribution < 1.29 is 13.6 Å². The van der Waals surface area contributed by atoms with Gasteiger partial charge in [-0.2, -0.15) is 18.9 Å². The number of halogens is 2. The Balaban J connectivity index is 1.44. The molecule has 2 aliphatic rings. The molecule has 1 atom stereocenters. The first-order chi connectivity index (χ1) is 14.0. The fraction of sp³-hybridized carbons (Fsp3) is 0.400. The van der Waals surface area contributed by atoms with Crippen LogP contribution in [0.2, 0.25) is 0 Å². The molecule has 0 bridgehead atoms. The van der Waals surface area contributed by atoms with Crippen molar-refractivity contribution in [3.8, 4) is 0 Å². The number of pyridine rings is 2. The smallest absolute Gasteiger partial charge is 0.272 e. The molecule has 2 saturated carbocycles. The maximum atomic E-state index is 13.4. The van der Waals surface area contributed by atoms with Crippen molar-refractivity contribution in [2.75, 3.05) is 5.32 Å². The average molecular weight is 398 g/mol. The van der Waals surface area contributed by atoms with Crippen LogP contribution < -0.4 is 10.6 Å². The van der Waals surface area contributed by atoms with Crippen LogP contribution in [0.25, 0.3) is 10.9 Å². The van der Waals surface area contributed by atoms with Gasteiger partial charge in [-0.05, 0) is 37.2 Å². The standard InChI is InChI=1S/C20H20F2N6O/c21-14-8-12(9-15(22)26-14)24-16-7-11-10-23-28-17(11)18(27-16)19(29)25-13-3-6-20(13)4-1-2-5-20/h7-10,13H,1-6H2,(H,23,28)(H,25,29)(H,24,26,27). The van der Waals surface area contributed by atoms with Crippen molar-refractivity contribution in [2.45, 2.75) is 44.6 Å². The fourth-order valence-electron chi connectivity index (χ4n) is 4.69. The first kappa shape index (κ1) is 18.0. The van der Waals surface area contributed by atoms with Crippen molar-refractivity contribution in [3.63, 3.8) is 0 Å². The van der Waals surface area contributed by atoms with Crippen LogP contribution in [0.5, 0.6) is 0 Å². The van der Waals surface area contributed by atoms with Crippen molar-refractivity contribution in [2.24, 2.45) is 5.41 Å². The van der Waals surface area contributed by atoms with Crippen LogP contribution in [0, 0.1) is 17.3 Å². The summed E-state index contributed by atoms with van der Waals surface area (Å²) in [6.07, 6.45) is 8.46. The molecular weight excluding hydrogens is 378 g/mol. The van der Waals surface area contributed by atoms with E-state index in [0.717, 1.165) is 37.8 Å². The van der Waals surface area contributed by atoms with Crippen molar-refractivity contribution >= 4 is 28.3 Å². The molecule has 1 spiro atoms. The van der Waals surface area contributed by atoms with Crippen molar-refractivity contribution in [3.05, 3.63) is 42.0 Å². The minimum absolute atomic E-state index is 0.153. The number of rotatable bonds is 4. The van der Waals surface area contributed by atoms with Gasteiger partial charge in [0, 0.05) is 29.2 Å². The van der Waals surface area contributed by atoms with Gasteiger partial charge < -0.3 is 10.6 Å². The molecule has 1 amide bonds. The van der Waals surface area contributed by atoms with Crippen molar-refractivity contribution in [1.29, 1.82) is 0 Å². The van der Waals surface area contributed by atoms with Gasteiger partial charge in [0.25, 0.3) is 5.91 Å². The number of hydrogen-bond acceptors (Lipinski definition) is 5. The Hall–Kier alpha value is -3.10. The first-order valence-corrected chi connectivity index (χ1v) is 9.78. The number of anilines is 2. The highest BCUT2D eigenvalue weighted by Gasteiger charge is 2.48. The Bertz CT molecular complexity index is 1070. The average Bonchev–Trinajstić information content (AvgIpc) is 3.34. The number of H-pyrrole nitrogens is 1. The normalized spacial score (nSPS) is 20.0. The number of amides is 1. The van der Waals surface area contributed by atoms with Gasteiger partial charge in [-0.15, -0.1) is 0 Å². The van der Waals surface area contributed by atoms with E-state index in [1.54, 1.807) is 12.3 Å². The van der Waals surface area contributed by atoms with E-state index in [-0.39, 0.29) is 28.7 Å². The lowest BCUT2D eigenvalue weighted by atomic mass is 9.63. The lowest BCUT2D eigenvalue weighted by Gasteiger charge is -2.47. The number of carbonyl (C=O) groups is 1. The SMILES string of the molecule is O=C(NC1CCC12CCCC2)c1nc(Nc2cc(F)nc(F)c2)cc2cn[nH]c12. The predicted molar refractivity (Wildman–Crippen MR) is 103 cm³/mol. The third-order valence-corrected chi connectivity index (χ3v) is 6.26. The molecule has 2 fully saturated rings. The minimum Gasteiger partial charge on any atom is -0.347 e. The highest BCUT2D eigenvalue weighted by molar-refractivity contribution is 6.04. The highest BCUT2D eigenvalue weighted by Crippen LogP contribution is 2.53. The molecule has 0 aliphatic heterocycles. The molecule has 0 saturated heterocycles. The van der Waals surface area contributed by atoms with Crippen LogP contribution >= 0.6 is 0 Å². The van der Waals surface area contributed by atoms with E-state index >= 15 is 0 Å². The summed E-state index contributed by atoms with van der Waals surface area (Å²) in [5.74, 6) is -1.87. The molecule has 150 valence electrons. The second-order valence-electron chi connectivity index (χ2n) is 7.95. The van der Waals surface area contributed by atoms with Crippen LogP contribution in [0.3, 0.4) is 0 Å². The summed E-state index contributed by atoms with van der Waals surface area (Å²) in [4.78, 5) is 20.5. The van der Waals surface area contributed by atoms with E-state index in [2.05, 4.69) is 30.8 Å². The molecule has 0 aromatic carbocycles. The molecule has 7 nitrogen and oxygen atoms in total. The van der Waals surface area contributed by atoms with Crippen LogP contribution in [0.4, 0.5) is 20.3 Å². The summed E-state index contributed by atoms with van der Waals surface area (Å²) < 4.78 is 26.8. The summed E-state index contributed by atoms with van der Waals surface area (Å²) in [6.45, 7) is 0. The number of aromatic nitrogens is 4. The quantitative estimate of drug-likeness (QED) is 0.581. The van der Waals surface area contributed by atoms with Gasteiger partial charge in [-0.25, -0.2) is 4.98 Å². The van der Waals surface area contributed by atoms with E-state index in [1.807, 2.05) is 0 Å². The van der Waals surface area contributed by atoms with Gasteiger partial charge in [0.15, 0.2) is 5.69 Å². The molecule has 3 N–H and O–H groups in total. The van der Waals surface area contributed by atoms with E-state index in [1.165, 1.54) is 12.8 Å². The lowest BCUT2D eigenvalue weighted by molar-refractivity contribution is 0.0580. The molecule has 3 aromatic rings. The second-order valence-corrected chi connectivity index (χ2v) is 7.95. The van der Waals surface area contributed by atoms with Crippen LogP contribution in [0.1, 0.15) is 49.0 Å². The van der Waals surface area contributed by atoms with Gasteiger partial charge in [0.1, 0.15) is 5.82 Å². The molecule has 2 aliphatic carbocycles. The predicted octanol–water partition coefficient (Wildman–Crippen LogP) is 3.83. The van der Waals surface area contributed by atoms with Gasteiger partial charge in [0.05, 0.1) is 11.7 Å². The maximum absolute atomic E-state index is 13.4. The number of nitrogens with zero attached hydrogens (tertiary/aromatic N) is 3. The zero-order valence-electron chi connectivity index (χ0n) is 15.6. The molecular formula is C20H20F2N6O. The maximum Gasteiger partial charge on any atom is 0.272 e. The highest BCUT2D eigenvalue weighted by atomic mass is 19.1. The Kier molecular flexibility index (Phi) is 4.18. The van der Waals surface area contributed by atoms with Gasteiger partial charge in [-0.3, -0.25) is 9.89 Å². The number of nitrogens with one attached hydrogen (secondary N) is 3. The number of hydrogen-bond donors (Lipinski definition) is 3. The molecule has 1 unspecified atom stereocenters. The van der Waals surface area contributed by atoms with Crippen LogP contribution in [-0.4, -0.2) is 32.1 Å². The van der Waals surface area contributed by atoms with Gasteiger partial charge in [-0.1, -0.05) is 12.8 Å². The fourth-order valence-corrected chi connectivity index (χ4v) is 4.69. The zero-order chi connectivity index (χ0) is 20.0. The topological polar surface area (TPSA) is 95.6 Å². The molecule has 3 heterocycles. The largest absolute Gasteiger partial charge is 0.347 e. The number of aromatic amines is 1. The third kappa shape index (κ3) is 3.20. The lowest BCUT2D eigenvalue weighted by Crippen LogP contribution is -2.54. The van der Waals surface area contributed by atoms with Gasteiger partial charge >= 0.3 is 0 Å². The summed E-state index contributed by atoms with van der Waals surface area (Å²) in [7, 11) is 0. The summed E-state index contributed by atoms with van der Waals surface area (Å²) in [5.41, 5.74) is 1.13. The minimum atomic E-state index is -0.943. The van der Waals surface area contributed by atoms with Gasteiger partial charge in [0.2, 0.25) is 11.9 Å². The molecule has 3 aromatic heterocycles. The van der Waals surface area contributed by atoms with Crippen LogP contribution in [0.15, 0.2) is 24.4 Å². The first-order valence-electron chi connectivity index (χ1n) is 9.78. The summed E-state index contributed by atoms with van der Waals surface area (Å²) in [5, 5.41) is 13.5.